The van der Waals surface area contributed by atoms with Crippen molar-refractivity contribution >= 4 is 12.4 Å². The van der Waals surface area contributed by atoms with Crippen LogP contribution in [0.4, 0.5) is 4.39 Å². The van der Waals surface area contributed by atoms with Crippen LogP contribution in [0.25, 0.3) is 11.1 Å². The predicted octanol–water partition coefficient (Wildman–Crippen LogP) is 3.49. The number of halogens is 2. The van der Waals surface area contributed by atoms with Crippen LogP contribution >= 0.6 is 12.4 Å². The maximum absolute atomic E-state index is 13.8. The molecule has 2 N–H and O–H groups in total. The van der Waals surface area contributed by atoms with E-state index >= 15 is 0 Å². The molecule has 0 radical (unpaired) electrons. The summed E-state index contributed by atoms with van der Waals surface area (Å²) in [4.78, 5) is 0. The van der Waals surface area contributed by atoms with E-state index in [1.807, 2.05) is 31.2 Å². The predicted molar refractivity (Wildman–Crippen MR) is 81.0 cm³/mol. The van der Waals surface area contributed by atoms with Gasteiger partial charge in [-0.15, -0.1) is 12.4 Å². The Morgan fingerprint density at radius 2 is 2.00 bits per heavy atom. The van der Waals surface area contributed by atoms with E-state index in [0.717, 1.165) is 28.0 Å². The summed E-state index contributed by atoms with van der Waals surface area (Å²) in [7, 11) is 0. The lowest BCUT2D eigenvalue weighted by atomic mass is 9.97. The summed E-state index contributed by atoms with van der Waals surface area (Å²) in [6.07, 6.45) is 0.641. The molecule has 0 bridgehead atoms. The van der Waals surface area contributed by atoms with Gasteiger partial charge in [-0.05, 0) is 30.2 Å². The molecular weight excluding hydrogens is 277 g/mol. The van der Waals surface area contributed by atoms with E-state index in [4.69, 9.17) is 10.5 Å². The summed E-state index contributed by atoms with van der Waals surface area (Å²) >= 11 is 0. The van der Waals surface area contributed by atoms with Gasteiger partial charge >= 0.3 is 0 Å². The van der Waals surface area contributed by atoms with Gasteiger partial charge in [0.1, 0.15) is 17.7 Å². The smallest absolute Gasteiger partial charge is 0.131 e. The Balaban J connectivity index is 0.00000147. The highest BCUT2D eigenvalue weighted by Gasteiger charge is 2.26. The minimum Gasteiger partial charge on any atom is -0.488 e. The summed E-state index contributed by atoms with van der Waals surface area (Å²) < 4.78 is 19.6. The van der Waals surface area contributed by atoms with Gasteiger partial charge in [0.15, 0.2) is 0 Å². The number of hydrogen-bond donors (Lipinski definition) is 1. The van der Waals surface area contributed by atoms with Crippen molar-refractivity contribution in [3.05, 3.63) is 53.3 Å². The highest BCUT2D eigenvalue weighted by Crippen LogP contribution is 2.40. The molecule has 0 spiro atoms. The van der Waals surface area contributed by atoms with Gasteiger partial charge in [0.05, 0.1) is 0 Å². The molecule has 20 heavy (non-hydrogen) atoms. The van der Waals surface area contributed by atoms with Gasteiger partial charge in [-0.1, -0.05) is 24.3 Å². The van der Waals surface area contributed by atoms with Gasteiger partial charge in [0.2, 0.25) is 0 Å². The van der Waals surface area contributed by atoms with Gasteiger partial charge in [0, 0.05) is 24.1 Å². The van der Waals surface area contributed by atoms with E-state index in [0.29, 0.717) is 13.0 Å². The maximum atomic E-state index is 13.8. The third-order valence-corrected chi connectivity index (χ3v) is 3.56. The van der Waals surface area contributed by atoms with E-state index in [-0.39, 0.29) is 24.3 Å². The van der Waals surface area contributed by atoms with Crippen molar-refractivity contribution < 1.29 is 9.13 Å². The van der Waals surface area contributed by atoms with E-state index in [1.54, 1.807) is 12.1 Å². The molecule has 2 aromatic rings. The van der Waals surface area contributed by atoms with Crippen molar-refractivity contribution in [2.24, 2.45) is 5.73 Å². The van der Waals surface area contributed by atoms with Crippen molar-refractivity contribution in [1.82, 2.24) is 0 Å². The molecule has 4 heteroatoms. The number of nitrogens with two attached hydrogens (primary N) is 1. The second kappa shape index (κ2) is 5.81. The van der Waals surface area contributed by atoms with Crippen LogP contribution in [0.2, 0.25) is 0 Å². The molecule has 1 heterocycles. The van der Waals surface area contributed by atoms with Gasteiger partial charge in [0.25, 0.3) is 0 Å². The topological polar surface area (TPSA) is 35.2 Å². The van der Waals surface area contributed by atoms with Crippen LogP contribution in [0.3, 0.4) is 0 Å². The van der Waals surface area contributed by atoms with E-state index < -0.39 is 0 Å². The number of aryl methyl sites for hydroxylation is 1. The van der Waals surface area contributed by atoms with Crippen LogP contribution in [-0.4, -0.2) is 12.6 Å². The van der Waals surface area contributed by atoms with Crippen molar-refractivity contribution in [1.29, 1.82) is 0 Å². The molecule has 0 fully saturated rings. The SMILES string of the molecule is Cc1ccccc1-c1cc(F)cc2c1OC(CN)C2.Cl. The molecule has 106 valence electrons. The molecule has 0 saturated carbocycles. The number of rotatable bonds is 2. The maximum Gasteiger partial charge on any atom is 0.131 e. The fourth-order valence-electron chi connectivity index (χ4n) is 2.60. The van der Waals surface area contributed by atoms with Crippen LogP contribution in [0, 0.1) is 12.7 Å². The third kappa shape index (κ3) is 2.51. The van der Waals surface area contributed by atoms with Crippen LogP contribution in [0.5, 0.6) is 5.75 Å². The minimum atomic E-state index is -0.224. The van der Waals surface area contributed by atoms with E-state index in [1.165, 1.54) is 0 Å². The molecule has 0 amide bonds. The van der Waals surface area contributed by atoms with Gasteiger partial charge in [-0.2, -0.15) is 0 Å². The van der Waals surface area contributed by atoms with Crippen LogP contribution in [0.15, 0.2) is 36.4 Å². The largest absolute Gasteiger partial charge is 0.488 e. The zero-order valence-corrected chi connectivity index (χ0v) is 12.0. The molecule has 0 saturated heterocycles. The Morgan fingerprint density at radius 1 is 1.25 bits per heavy atom. The van der Waals surface area contributed by atoms with Gasteiger partial charge in [-0.25, -0.2) is 4.39 Å². The van der Waals surface area contributed by atoms with E-state index in [2.05, 4.69) is 0 Å². The first-order valence-corrected chi connectivity index (χ1v) is 6.44. The molecular formula is C16H17ClFNO. The lowest BCUT2D eigenvalue weighted by Crippen LogP contribution is -2.24. The zero-order chi connectivity index (χ0) is 13.4. The third-order valence-electron chi connectivity index (χ3n) is 3.56. The first-order chi connectivity index (χ1) is 9.19. The number of ether oxygens (including phenoxy) is 1. The fourth-order valence-corrected chi connectivity index (χ4v) is 2.60. The molecule has 0 aliphatic carbocycles. The Bertz CT molecular complexity index is 630. The average molecular weight is 294 g/mol. The highest BCUT2D eigenvalue weighted by atomic mass is 35.5. The van der Waals surface area contributed by atoms with Gasteiger partial charge in [-0.3, -0.25) is 0 Å². The number of hydrogen-bond acceptors (Lipinski definition) is 2. The van der Waals surface area contributed by atoms with Crippen molar-refractivity contribution in [2.75, 3.05) is 6.54 Å². The normalized spacial score (nSPS) is 16.2. The summed E-state index contributed by atoms with van der Waals surface area (Å²) in [5.41, 5.74) is 9.50. The van der Waals surface area contributed by atoms with Gasteiger partial charge < -0.3 is 10.5 Å². The van der Waals surface area contributed by atoms with E-state index in [9.17, 15) is 4.39 Å². The molecule has 1 unspecified atom stereocenters. The van der Waals surface area contributed by atoms with Crippen molar-refractivity contribution in [3.8, 4) is 16.9 Å². The summed E-state index contributed by atoms with van der Waals surface area (Å²) in [6.45, 7) is 2.46. The highest BCUT2D eigenvalue weighted by molar-refractivity contribution is 5.85. The quantitative estimate of drug-likeness (QED) is 0.920. The fraction of sp³-hybridized carbons (Fsp3) is 0.250. The Hall–Kier alpha value is -1.58. The van der Waals surface area contributed by atoms with Crippen molar-refractivity contribution in [3.63, 3.8) is 0 Å². The zero-order valence-electron chi connectivity index (χ0n) is 11.2. The van der Waals surface area contributed by atoms with Crippen molar-refractivity contribution in [2.45, 2.75) is 19.4 Å². The standard InChI is InChI=1S/C16H16FNO.ClH/c1-10-4-2-3-5-14(10)15-8-12(17)6-11-7-13(9-18)19-16(11)15;/h2-6,8,13H,7,9,18H2,1H3;1H. The molecule has 3 rings (SSSR count). The minimum absolute atomic E-state index is 0. The lowest BCUT2D eigenvalue weighted by Gasteiger charge is -2.12. The monoisotopic (exact) mass is 293 g/mol. The summed E-state index contributed by atoms with van der Waals surface area (Å²) in [5.74, 6) is 0.560. The molecule has 0 aromatic heterocycles. The number of fused-ring (bicyclic) bond motifs is 1. The molecule has 2 aromatic carbocycles. The second-order valence-electron chi connectivity index (χ2n) is 4.94. The summed E-state index contributed by atoms with van der Waals surface area (Å²) in [5, 5.41) is 0. The Morgan fingerprint density at radius 3 is 2.70 bits per heavy atom. The molecule has 1 aliphatic heterocycles. The van der Waals surface area contributed by atoms with Crippen LogP contribution in [0.1, 0.15) is 11.1 Å². The first kappa shape index (κ1) is 14.8. The van der Waals surface area contributed by atoms with Crippen LogP contribution in [-0.2, 0) is 6.42 Å². The van der Waals surface area contributed by atoms with Crippen LogP contribution < -0.4 is 10.5 Å². The second-order valence-corrected chi connectivity index (χ2v) is 4.94. The lowest BCUT2D eigenvalue weighted by molar-refractivity contribution is 0.242. The molecule has 1 aliphatic rings. The Kier molecular flexibility index (Phi) is 4.31. The average Bonchev–Trinajstić information content (AvgIpc) is 2.81. The first-order valence-electron chi connectivity index (χ1n) is 6.44. The molecule has 1 atom stereocenters. The Labute approximate surface area is 124 Å². The number of benzene rings is 2. The summed E-state index contributed by atoms with van der Waals surface area (Å²) in [6, 6.07) is 11.0. The molecule has 2 nitrogen and oxygen atoms in total.